The summed E-state index contributed by atoms with van der Waals surface area (Å²) in [6.45, 7) is 2.60. The number of carboxylic acids is 1. The van der Waals surface area contributed by atoms with Crippen LogP contribution in [0.4, 0.5) is 24.8 Å². The molecule has 41 heavy (non-hydrogen) atoms. The van der Waals surface area contributed by atoms with Crippen LogP contribution in [0.2, 0.25) is 5.02 Å². The van der Waals surface area contributed by atoms with Crippen LogP contribution in [0.3, 0.4) is 0 Å². The van der Waals surface area contributed by atoms with E-state index in [1.807, 2.05) is 16.9 Å². The molecule has 3 N–H and O–H groups in total. The van der Waals surface area contributed by atoms with Crippen molar-refractivity contribution < 1.29 is 28.0 Å². The molecule has 0 bridgehead atoms. The van der Waals surface area contributed by atoms with Gasteiger partial charge >= 0.3 is 18.0 Å². The molecule has 6 heterocycles. The first-order valence-corrected chi connectivity index (χ1v) is 13.2. The molecule has 4 aromatic heterocycles. The topological polar surface area (TPSA) is 171 Å². The van der Waals surface area contributed by atoms with Crippen LogP contribution in [-0.2, 0) is 11.3 Å². The molecule has 0 saturated carbocycles. The van der Waals surface area contributed by atoms with Gasteiger partial charge in [0.2, 0.25) is 5.65 Å². The maximum Gasteiger partial charge on any atom is 0.490 e. The molecule has 6 rings (SSSR count). The van der Waals surface area contributed by atoms with E-state index in [0.717, 1.165) is 44.0 Å². The summed E-state index contributed by atoms with van der Waals surface area (Å²) in [5.74, 6) is -2.06. The lowest BCUT2D eigenvalue weighted by atomic mass is 9.73. The van der Waals surface area contributed by atoms with Gasteiger partial charge in [0.15, 0.2) is 0 Å². The van der Waals surface area contributed by atoms with Gasteiger partial charge in [-0.05, 0) is 29.9 Å². The number of aromatic nitrogens is 6. The first-order chi connectivity index (χ1) is 19.4. The van der Waals surface area contributed by atoms with Crippen molar-refractivity contribution in [1.29, 1.82) is 0 Å². The van der Waals surface area contributed by atoms with Crippen LogP contribution in [0.1, 0.15) is 24.6 Å². The number of halogens is 4. The summed E-state index contributed by atoms with van der Waals surface area (Å²) in [6, 6.07) is 3.75. The largest absolute Gasteiger partial charge is 0.490 e. The van der Waals surface area contributed by atoms with Gasteiger partial charge in [0.25, 0.3) is 0 Å². The van der Waals surface area contributed by atoms with Crippen LogP contribution in [0.25, 0.3) is 5.65 Å². The molecular weight excluding hydrogens is 591 g/mol. The second-order valence-corrected chi connectivity index (χ2v) is 10.9. The Balaban J connectivity index is 0.000000431. The van der Waals surface area contributed by atoms with Crippen LogP contribution < -0.4 is 10.6 Å². The number of fused-ring (bicyclic) bond motifs is 2. The van der Waals surface area contributed by atoms with Crippen LogP contribution >= 0.6 is 23.4 Å². The maximum atomic E-state index is 11.1. The second-order valence-electron chi connectivity index (χ2n) is 9.42. The average Bonchev–Trinajstić information content (AvgIpc) is 3.63. The molecule has 1 atom stereocenters. The number of pyridine rings is 1. The molecule has 216 valence electrons. The van der Waals surface area contributed by atoms with Crippen molar-refractivity contribution in [2.24, 2.45) is 11.1 Å². The quantitative estimate of drug-likeness (QED) is 0.253. The third-order valence-electron chi connectivity index (χ3n) is 7.10. The summed E-state index contributed by atoms with van der Waals surface area (Å²) in [5, 5.41) is 23.7. The number of imidazole rings is 1. The van der Waals surface area contributed by atoms with Crippen molar-refractivity contribution in [1.82, 2.24) is 29.1 Å². The van der Waals surface area contributed by atoms with Gasteiger partial charge in [-0.15, -0.1) is 0 Å². The monoisotopic (exact) mass is 611 g/mol. The highest BCUT2D eigenvalue weighted by Crippen LogP contribution is 2.48. The average molecular weight is 612 g/mol. The van der Waals surface area contributed by atoms with Gasteiger partial charge in [0.1, 0.15) is 22.1 Å². The summed E-state index contributed by atoms with van der Waals surface area (Å²) in [4.78, 5) is 35.7. The Bertz CT molecular complexity index is 1600. The lowest BCUT2D eigenvalue weighted by Crippen LogP contribution is -2.45. The summed E-state index contributed by atoms with van der Waals surface area (Å²) < 4.78 is 35.1. The van der Waals surface area contributed by atoms with E-state index < -0.39 is 17.1 Å². The molecule has 1 fully saturated rings. The van der Waals surface area contributed by atoms with Gasteiger partial charge < -0.3 is 25.9 Å². The van der Waals surface area contributed by atoms with Crippen molar-refractivity contribution in [3.63, 3.8) is 0 Å². The van der Waals surface area contributed by atoms with Crippen molar-refractivity contribution in [2.75, 3.05) is 18.0 Å². The Hall–Kier alpha value is -3.96. The molecule has 2 aliphatic heterocycles. The van der Waals surface area contributed by atoms with Gasteiger partial charge in [0.05, 0.1) is 30.3 Å². The van der Waals surface area contributed by atoms with E-state index in [2.05, 4.69) is 25.0 Å². The number of nitrogens with zero attached hydrogens (tertiary/aromatic N) is 8. The summed E-state index contributed by atoms with van der Waals surface area (Å²) in [6.07, 6.45) is 4.95. The Morgan fingerprint density at radius 2 is 1.90 bits per heavy atom. The molecule has 18 heteroatoms. The molecule has 1 spiro atoms. The standard InChI is InChI=1S/C21H20ClN9O2S.C2HF3O2/c22-18-14(2-6-29-17(31(32)33)11-26-20(18)29)34-16-10-24-15(9-25-16)28-7-3-21(4-8-28)12-30-13(19(21)23)1-5-27-30;3-2(4,5)1(6)7/h1-2,5-6,9-11,19H,3-4,7-8,12,23H2;(H,6,7)/t19-;/m1./s1. The SMILES string of the molecule is N[C@@H]1c2ccnn2CC12CCN(c1cnc(Sc3ccn4c([N+](=O)[O-])cnc4c3Cl)cn1)CC2.O=C(O)C(F)(F)F. The number of piperidine rings is 1. The molecule has 4 aromatic rings. The number of aliphatic carboxylic acids is 1. The lowest BCUT2D eigenvalue weighted by Gasteiger charge is -2.41. The van der Waals surface area contributed by atoms with Gasteiger partial charge in [-0.3, -0.25) is 4.68 Å². The first kappa shape index (κ1) is 28.6. The predicted octanol–water partition coefficient (Wildman–Crippen LogP) is 3.97. The van der Waals surface area contributed by atoms with E-state index in [-0.39, 0.29) is 17.3 Å². The normalized spacial score (nSPS) is 17.8. The third-order valence-corrected chi connectivity index (χ3v) is 8.56. The van der Waals surface area contributed by atoms with Gasteiger partial charge in [0, 0.05) is 36.1 Å². The third kappa shape index (κ3) is 5.51. The molecule has 13 nitrogen and oxygen atoms in total. The second kappa shape index (κ2) is 10.8. The number of nitro groups is 1. The zero-order valence-electron chi connectivity index (χ0n) is 20.9. The minimum absolute atomic E-state index is 0.0145. The maximum absolute atomic E-state index is 11.1. The molecule has 2 aliphatic rings. The number of hydrogen-bond donors (Lipinski definition) is 2. The van der Waals surface area contributed by atoms with Crippen molar-refractivity contribution in [3.05, 3.63) is 63.9 Å². The number of carboxylic acid groups (broad SMARTS) is 1. The number of rotatable bonds is 4. The van der Waals surface area contributed by atoms with Gasteiger partial charge in [-0.25, -0.2) is 19.7 Å². The zero-order chi connectivity index (χ0) is 29.5. The van der Waals surface area contributed by atoms with E-state index in [1.165, 1.54) is 22.4 Å². The van der Waals surface area contributed by atoms with Crippen molar-refractivity contribution >= 4 is 46.6 Å². The minimum atomic E-state index is -5.08. The smallest absolute Gasteiger partial charge is 0.475 e. The highest BCUT2D eigenvalue weighted by atomic mass is 35.5. The Kier molecular flexibility index (Phi) is 7.52. The lowest BCUT2D eigenvalue weighted by molar-refractivity contribution is -0.390. The molecule has 0 aliphatic carbocycles. The van der Waals surface area contributed by atoms with Crippen LogP contribution in [0.15, 0.2) is 53.0 Å². The molecule has 1 saturated heterocycles. The van der Waals surface area contributed by atoms with Gasteiger partial charge in [-0.2, -0.15) is 22.7 Å². The predicted molar refractivity (Wildman–Crippen MR) is 140 cm³/mol. The van der Waals surface area contributed by atoms with Crippen molar-refractivity contribution in [3.8, 4) is 0 Å². The summed E-state index contributed by atoms with van der Waals surface area (Å²) >= 11 is 7.80. The fourth-order valence-corrected chi connectivity index (χ4v) is 6.00. The summed E-state index contributed by atoms with van der Waals surface area (Å²) in [5.41, 5.74) is 8.09. The van der Waals surface area contributed by atoms with E-state index in [4.69, 9.17) is 27.2 Å². The number of anilines is 1. The Morgan fingerprint density at radius 3 is 2.49 bits per heavy atom. The van der Waals surface area contributed by atoms with E-state index in [1.54, 1.807) is 24.7 Å². The van der Waals surface area contributed by atoms with Crippen molar-refractivity contribution in [2.45, 2.75) is 41.5 Å². The van der Waals surface area contributed by atoms with E-state index >= 15 is 0 Å². The molecule has 0 amide bonds. The van der Waals surface area contributed by atoms with Crippen LogP contribution in [0, 0.1) is 15.5 Å². The first-order valence-electron chi connectivity index (χ1n) is 12.0. The number of alkyl halides is 3. The highest BCUT2D eigenvalue weighted by molar-refractivity contribution is 7.99. The van der Waals surface area contributed by atoms with Crippen LogP contribution in [-0.4, -0.2) is 64.4 Å². The molecule has 0 aromatic carbocycles. The van der Waals surface area contributed by atoms with Gasteiger partial charge in [-0.1, -0.05) is 23.4 Å². The van der Waals surface area contributed by atoms with E-state index in [9.17, 15) is 23.3 Å². The fraction of sp³-hybridized carbons (Fsp3) is 0.348. The summed E-state index contributed by atoms with van der Waals surface area (Å²) in [7, 11) is 0. The number of hydrogen-bond acceptors (Lipinski definition) is 10. The Labute approximate surface area is 238 Å². The highest BCUT2D eigenvalue weighted by Gasteiger charge is 2.47. The molecule has 0 radical (unpaired) electrons. The Morgan fingerprint density at radius 1 is 1.20 bits per heavy atom. The molecule has 0 unspecified atom stereocenters. The number of nitrogens with two attached hydrogens (primary N) is 1. The number of carbonyl (C=O) groups is 1. The fourth-order valence-electron chi connectivity index (χ4n) is 4.94. The molecular formula is C23H21ClF3N9O4S. The minimum Gasteiger partial charge on any atom is -0.475 e. The van der Waals surface area contributed by atoms with Crippen LogP contribution in [0.5, 0.6) is 0 Å². The van der Waals surface area contributed by atoms with E-state index in [0.29, 0.717) is 20.6 Å². The zero-order valence-corrected chi connectivity index (χ0v) is 22.5.